The van der Waals surface area contributed by atoms with Gasteiger partial charge in [-0.3, -0.25) is 0 Å². The maximum Gasteiger partial charge on any atom is 0.189 e. The van der Waals surface area contributed by atoms with Crippen LogP contribution in [0.15, 0.2) is 29.3 Å². The molecule has 0 aliphatic heterocycles. The Morgan fingerprint density at radius 1 is 1.26 bits per heavy atom. The lowest BCUT2D eigenvalue weighted by Gasteiger charge is -2.16. The molecule has 1 aromatic rings. The van der Waals surface area contributed by atoms with Crippen LogP contribution in [0.5, 0.6) is 0 Å². The van der Waals surface area contributed by atoms with Gasteiger partial charge >= 0.3 is 0 Å². The second-order valence-corrected chi connectivity index (χ2v) is 5.16. The number of hydrogen-bond donors (Lipinski definition) is 2. The summed E-state index contributed by atoms with van der Waals surface area (Å²) in [5.74, 6) is 0.235. The van der Waals surface area contributed by atoms with E-state index in [1.165, 1.54) is 37.8 Å². The minimum atomic E-state index is -0.233. The Hall–Kier alpha value is -1.58. The predicted molar refractivity (Wildman–Crippen MR) is 76.4 cm³/mol. The van der Waals surface area contributed by atoms with Gasteiger partial charge in [-0.1, -0.05) is 37.8 Å². The number of nitrogens with one attached hydrogen (secondary N) is 1. The van der Waals surface area contributed by atoms with Crippen molar-refractivity contribution in [3.05, 3.63) is 35.6 Å². The van der Waals surface area contributed by atoms with Crippen LogP contribution in [0.2, 0.25) is 0 Å². The van der Waals surface area contributed by atoms with Gasteiger partial charge in [-0.05, 0) is 30.5 Å². The summed E-state index contributed by atoms with van der Waals surface area (Å²) in [4.78, 5) is 4.28. The van der Waals surface area contributed by atoms with Crippen molar-refractivity contribution < 1.29 is 4.39 Å². The predicted octanol–water partition coefficient (Wildman–Crippen LogP) is 2.95. The molecule has 0 aromatic heterocycles. The summed E-state index contributed by atoms with van der Waals surface area (Å²) in [6.07, 6.45) is 7.48. The van der Waals surface area contributed by atoms with Crippen molar-refractivity contribution in [1.82, 2.24) is 5.32 Å². The van der Waals surface area contributed by atoms with Crippen LogP contribution in [0.25, 0.3) is 0 Å². The zero-order valence-corrected chi connectivity index (χ0v) is 11.2. The van der Waals surface area contributed by atoms with Crippen LogP contribution in [-0.2, 0) is 6.54 Å². The number of aliphatic imine (C=N–C) groups is 1. The summed E-state index contributed by atoms with van der Waals surface area (Å²) in [5, 5.41) is 3.28. The minimum absolute atomic E-state index is 0.233. The molecule has 1 fully saturated rings. The van der Waals surface area contributed by atoms with Crippen LogP contribution in [0, 0.1) is 5.82 Å². The van der Waals surface area contributed by atoms with Gasteiger partial charge in [0.15, 0.2) is 5.96 Å². The van der Waals surface area contributed by atoms with E-state index >= 15 is 0 Å². The van der Waals surface area contributed by atoms with Crippen LogP contribution in [0.1, 0.15) is 44.1 Å². The van der Waals surface area contributed by atoms with E-state index in [-0.39, 0.29) is 5.82 Å². The van der Waals surface area contributed by atoms with Crippen molar-refractivity contribution in [2.45, 2.75) is 51.1 Å². The van der Waals surface area contributed by atoms with Crippen LogP contribution in [0.3, 0.4) is 0 Å². The molecule has 0 atom stereocenters. The second-order valence-electron chi connectivity index (χ2n) is 5.16. The fraction of sp³-hybridized carbons (Fsp3) is 0.533. The number of nitrogens with zero attached hydrogens (tertiary/aromatic N) is 1. The monoisotopic (exact) mass is 263 g/mol. The number of guanidine groups is 1. The van der Waals surface area contributed by atoms with Gasteiger partial charge in [0.05, 0.1) is 6.54 Å². The Kier molecular flexibility index (Phi) is 5.19. The number of rotatable bonds is 3. The van der Waals surface area contributed by atoms with Crippen molar-refractivity contribution in [3.8, 4) is 0 Å². The Labute approximate surface area is 114 Å². The second kappa shape index (κ2) is 7.12. The van der Waals surface area contributed by atoms with Crippen molar-refractivity contribution in [2.75, 3.05) is 0 Å². The highest BCUT2D eigenvalue weighted by molar-refractivity contribution is 5.78. The van der Waals surface area contributed by atoms with E-state index in [2.05, 4.69) is 10.3 Å². The standard InChI is InChI=1S/C15H22FN3/c16-13-7-5-6-12(10-13)11-18-15(17)19-14-8-3-1-2-4-9-14/h5-7,10,14H,1-4,8-9,11H2,(H3,17,18,19). The molecular weight excluding hydrogens is 241 g/mol. The normalized spacial score (nSPS) is 18.1. The Morgan fingerprint density at radius 3 is 2.68 bits per heavy atom. The lowest BCUT2D eigenvalue weighted by Crippen LogP contribution is -2.39. The molecule has 3 nitrogen and oxygen atoms in total. The molecule has 0 spiro atoms. The fourth-order valence-electron chi connectivity index (χ4n) is 2.49. The van der Waals surface area contributed by atoms with Crippen LogP contribution in [-0.4, -0.2) is 12.0 Å². The van der Waals surface area contributed by atoms with Crippen molar-refractivity contribution in [1.29, 1.82) is 0 Å². The molecule has 0 amide bonds. The van der Waals surface area contributed by atoms with E-state index in [0.29, 0.717) is 18.5 Å². The van der Waals surface area contributed by atoms with Crippen LogP contribution < -0.4 is 11.1 Å². The summed E-state index contributed by atoms with van der Waals surface area (Å²) >= 11 is 0. The highest BCUT2D eigenvalue weighted by atomic mass is 19.1. The molecular formula is C15H22FN3. The summed E-state index contributed by atoms with van der Waals surface area (Å²) in [6.45, 7) is 0.420. The molecule has 0 saturated heterocycles. The smallest absolute Gasteiger partial charge is 0.189 e. The fourth-order valence-corrected chi connectivity index (χ4v) is 2.49. The highest BCUT2D eigenvalue weighted by Gasteiger charge is 2.12. The van der Waals surface area contributed by atoms with Gasteiger partial charge in [-0.25, -0.2) is 9.38 Å². The topological polar surface area (TPSA) is 50.4 Å². The largest absolute Gasteiger partial charge is 0.370 e. The zero-order chi connectivity index (χ0) is 13.5. The Morgan fingerprint density at radius 2 is 2.00 bits per heavy atom. The Balaban J connectivity index is 1.84. The molecule has 0 radical (unpaired) electrons. The minimum Gasteiger partial charge on any atom is -0.370 e. The first kappa shape index (κ1) is 13.8. The summed E-state index contributed by atoms with van der Waals surface area (Å²) in [7, 11) is 0. The average Bonchev–Trinajstić information content (AvgIpc) is 2.65. The maximum absolute atomic E-state index is 13.0. The first-order chi connectivity index (χ1) is 9.24. The molecule has 0 heterocycles. The molecule has 0 bridgehead atoms. The van der Waals surface area contributed by atoms with Gasteiger partial charge in [-0.2, -0.15) is 0 Å². The van der Waals surface area contributed by atoms with Gasteiger partial charge < -0.3 is 11.1 Å². The number of nitrogens with two attached hydrogens (primary N) is 1. The summed E-state index contributed by atoms with van der Waals surface area (Å²) in [6, 6.07) is 6.90. The average molecular weight is 263 g/mol. The van der Waals surface area contributed by atoms with Crippen molar-refractivity contribution in [3.63, 3.8) is 0 Å². The molecule has 19 heavy (non-hydrogen) atoms. The number of halogens is 1. The quantitative estimate of drug-likeness (QED) is 0.500. The molecule has 1 saturated carbocycles. The SMILES string of the molecule is NC(=NCc1cccc(F)c1)NC1CCCCCC1. The van der Waals surface area contributed by atoms with Gasteiger partial charge in [0.2, 0.25) is 0 Å². The molecule has 4 heteroatoms. The van der Waals surface area contributed by atoms with Gasteiger partial charge in [0.25, 0.3) is 0 Å². The lowest BCUT2D eigenvalue weighted by molar-refractivity contribution is 0.530. The molecule has 1 aromatic carbocycles. The Bertz CT molecular complexity index is 423. The van der Waals surface area contributed by atoms with E-state index in [9.17, 15) is 4.39 Å². The van der Waals surface area contributed by atoms with Gasteiger partial charge in [0.1, 0.15) is 5.82 Å². The van der Waals surface area contributed by atoms with Crippen LogP contribution >= 0.6 is 0 Å². The van der Waals surface area contributed by atoms with E-state index in [4.69, 9.17) is 5.73 Å². The molecule has 3 N–H and O–H groups in total. The third-order valence-corrected chi connectivity index (χ3v) is 3.53. The molecule has 0 unspecified atom stereocenters. The third kappa shape index (κ3) is 4.89. The van der Waals surface area contributed by atoms with E-state index in [1.54, 1.807) is 6.07 Å². The lowest BCUT2D eigenvalue weighted by atomic mass is 10.1. The molecule has 1 aliphatic rings. The van der Waals surface area contributed by atoms with Crippen LogP contribution in [0.4, 0.5) is 4.39 Å². The third-order valence-electron chi connectivity index (χ3n) is 3.53. The summed E-state index contributed by atoms with van der Waals surface area (Å²) in [5.41, 5.74) is 6.73. The first-order valence-corrected chi connectivity index (χ1v) is 7.05. The van der Waals surface area contributed by atoms with Crippen molar-refractivity contribution in [2.24, 2.45) is 10.7 Å². The first-order valence-electron chi connectivity index (χ1n) is 7.05. The molecule has 104 valence electrons. The van der Waals surface area contributed by atoms with E-state index < -0.39 is 0 Å². The molecule has 1 aliphatic carbocycles. The van der Waals surface area contributed by atoms with E-state index in [1.807, 2.05) is 6.07 Å². The highest BCUT2D eigenvalue weighted by Crippen LogP contribution is 2.16. The maximum atomic E-state index is 13.0. The number of benzene rings is 1. The van der Waals surface area contributed by atoms with E-state index in [0.717, 1.165) is 18.4 Å². The zero-order valence-electron chi connectivity index (χ0n) is 11.2. The summed E-state index contributed by atoms with van der Waals surface area (Å²) < 4.78 is 13.0. The van der Waals surface area contributed by atoms with Gasteiger partial charge in [-0.15, -0.1) is 0 Å². The van der Waals surface area contributed by atoms with Crippen molar-refractivity contribution >= 4 is 5.96 Å². The molecule has 2 rings (SSSR count). The van der Waals surface area contributed by atoms with Gasteiger partial charge in [0, 0.05) is 6.04 Å². The number of hydrogen-bond acceptors (Lipinski definition) is 1.